The van der Waals surface area contributed by atoms with Crippen LogP contribution in [0.5, 0.6) is 0 Å². The first kappa shape index (κ1) is 30.3. The van der Waals surface area contributed by atoms with Crippen LogP contribution in [0.4, 0.5) is 0 Å². The summed E-state index contributed by atoms with van der Waals surface area (Å²) >= 11 is 0. The normalized spacial score (nSPS) is 9.11. The number of carbonyl (C=O) groups is 2. The Bertz CT molecular complexity index is 1200. The minimum absolute atomic E-state index is 0. The van der Waals surface area contributed by atoms with Crippen LogP contribution in [0.15, 0.2) is 97.8 Å². The van der Waals surface area contributed by atoms with Gasteiger partial charge in [0.25, 0.3) is 0 Å². The number of benzene rings is 1. The van der Waals surface area contributed by atoms with Crippen molar-refractivity contribution >= 4 is 11.9 Å². The topological polar surface area (TPSA) is 136 Å². The van der Waals surface area contributed by atoms with E-state index in [1.807, 2.05) is 30.6 Å². The standard InChI is InChI=1S/C12H8N4.2C6H5NO2.2Pt/c1-4-11(15-8-2-6-13-15)10-12(5-1)16-9-3-7-14-16;2*8-6(9)5-3-1-2-4-7-5;;/h1-3,6-10H;2*1-4H,(H,8,9);;/q-2;;;;. The van der Waals surface area contributed by atoms with Crippen molar-refractivity contribution in [3.63, 3.8) is 0 Å². The van der Waals surface area contributed by atoms with Crippen LogP contribution in [0.25, 0.3) is 11.4 Å². The zero-order valence-corrected chi connectivity index (χ0v) is 22.8. The molecule has 4 heterocycles. The third-order valence-corrected chi connectivity index (χ3v) is 3.98. The minimum Gasteiger partial charge on any atom is -0.477 e. The summed E-state index contributed by atoms with van der Waals surface area (Å²) in [4.78, 5) is 27.4. The van der Waals surface area contributed by atoms with Gasteiger partial charge in [0.15, 0.2) is 0 Å². The molecule has 190 valence electrons. The second kappa shape index (κ2) is 16.0. The van der Waals surface area contributed by atoms with Crippen LogP contribution in [0.2, 0.25) is 0 Å². The minimum atomic E-state index is -0.990. The summed E-state index contributed by atoms with van der Waals surface area (Å²) in [5.41, 5.74) is 1.90. The van der Waals surface area contributed by atoms with Crippen molar-refractivity contribution in [1.82, 2.24) is 29.5 Å². The average molecular weight is 845 g/mol. The molecule has 0 bridgehead atoms. The van der Waals surface area contributed by atoms with Crippen LogP contribution >= 0.6 is 0 Å². The van der Waals surface area contributed by atoms with Gasteiger partial charge in [-0.3, -0.25) is 9.36 Å². The second-order valence-corrected chi connectivity index (χ2v) is 6.29. The van der Waals surface area contributed by atoms with Crippen LogP contribution in [-0.2, 0) is 42.1 Å². The summed E-state index contributed by atoms with van der Waals surface area (Å²) in [6, 6.07) is 23.1. The van der Waals surface area contributed by atoms with Crippen molar-refractivity contribution in [3.8, 4) is 11.4 Å². The molecule has 0 aliphatic rings. The molecule has 12 heteroatoms. The first-order chi connectivity index (χ1) is 16.5. The van der Waals surface area contributed by atoms with Gasteiger partial charge in [0.2, 0.25) is 0 Å². The molecule has 0 unspecified atom stereocenters. The van der Waals surface area contributed by atoms with Gasteiger partial charge in [0.05, 0.1) is 0 Å². The molecule has 36 heavy (non-hydrogen) atoms. The SMILES string of the molecule is O=C(O)c1ccccn1.O=C(O)c1ccccn1.[Pt].[Pt].[c-]1c[c-]c(-n2cccn2)cc1-n1cccn1. The monoisotopic (exact) mass is 844 g/mol. The molecular weight excluding hydrogens is 826 g/mol. The average Bonchev–Trinajstić information content (AvgIpc) is 3.61. The Morgan fingerprint density at radius 2 is 1.11 bits per heavy atom. The van der Waals surface area contributed by atoms with Gasteiger partial charge >= 0.3 is 11.9 Å². The molecule has 4 aromatic heterocycles. The number of aromatic carboxylic acids is 2. The Morgan fingerprint density at radius 3 is 1.39 bits per heavy atom. The van der Waals surface area contributed by atoms with E-state index in [0.717, 1.165) is 11.4 Å². The predicted molar refractivity (Wildman–Crippen MR) is 121 cm³/mol. The molecule has 5 aromatic rings. The van der Waals surface area contributed by atoms with Gasteiger partial charge in [0.1, 0.15) is 11.4 Å². The molecule has 2 N–H and O–H groups in total. The van der Waals surface area contributed by atoms with Crippen molar-refractivity contribution in [2.75, 3.05) is 0 Å². The molecule has 0 radical (unpaired) electrons. The fourth-order valence-corrected chi connectivity index (χ4v) is 2.46. The van der Waals surface area contributed by atoms with E-state index in [2.05, 4.69) is 32.3 Å². The third kappa shape index (κ3) is 9.48. The van der Waals surface area contributed by atoms with E-state index in [1.165, 1.54) is 24.5 Å². The first-order valence-corrected chi connectivity index (χ1v) is 9.76. The van der Waals surface area contributed by atoms with E-state index in [1.54, 1.807) is 52.1 Å². The van der Waals surface area contributed by atoms with E-state index in [9.17, 15) is 9.59 Å². The van der Waals surface area contributed by atoms with Gasteiger partial charge in [-0.2, -0.15) is 21.6 Å². The van der Waals surface area contributed by atoms with Crippen LogP contribution < -0.4 is 0 Å². The molecule has 0 atom stereocenters. The van der Waals surface area contributed by atoms with Crippen molar-refractivity contribution in [2.24, 2.45) is 0 Å². The number of aromatic nitrogens is 6. The zero-order valence-electron chi connectivity index (χ0n) is 18.3. The van der Waals surface area contributed by atoms with Gasteiger partial charge in [-0.1, -0.05) is 12.1 Å². The maximum absolute atomic E-state index is 10.1. The third-order valence-electron chi connectivity index (χ3n) is 3.98. The fraction of sp³-hybridized carbons (Fsp3) is 0. The van der Waals surface area contributed by atoms with Gasteiger partial charge in [-0.15, -0.1) is 0 Å². The number of pyridine rings is 2. The maximum atomic E-state index is 10.1. The summed E-state index contributed by atoms with van der Waals surface area (Å²) in [5.74, 6) is -1.98. The first-order valence-electron chi connectivity index (χ1n) is 9.76. The summed E-state index contributed by atoms with van der Waals surface area (Å²) in [7, 11) is 0. The number of hydrogen-bond donors (Lipinski definition) is 2. The number of carboxylic acid groups (broad SMARTS) is 2. The molecule has 0 amide bonds. The summed E-state index contributed by atoms with van der Waals surface area (Å²) in [6.45, 7) is 0. The maximum Gasteiger partial charge on any atom is 0.354 e. The van der Waals surface area contributed by atoms with Crippen molar-refractivity contribution in [1.29, 1.82) is 0 Å². The molecule has 1 aromatic carbocycles. The number of carboxylic acids is 2. The molecule has 0 spiro atoms. The van der Waals surface area contributed by atoms with Gasteiger partial charge < -0.3 is 28.4 Å². The molecule has 10 nitrogen and oxygen atoms in total. The molecule has 0 saturated carbocycles. The summed E-state index contributed by atoms with van der Waals surface area (Å²) in [6.07, 6.45) is 10.1. The van der Waals surface area contributed by atoms with Gasteiger partial charge in [-0.25, -0.2) is 25.6 Å². The molecule has 5 rings (SSSR count). The van der Waals surface area contributed by atoms with Crippen molar-refractivity contribution in [2.45, 2.75) is 0 Å². The molecular formula is C24H18N6O4Pt2-2. The van der Waals surface area contributed by atoms with Gasteiger partial charge in [0, 0.05) is 79.3 Å². The Balaban J connectivity index is 0.000000282. The van der Waals surface area contributed by atoms with E-state index in [4.69, 9.17) is 10.2 Å². The Morgan fingerprint density at radius 1 is 0.667 bits per heavy atom. The van der Waals surface area contributed by atoms with E-state index in [0.29, 0.717) is 0 Å². The molecule has 0 aliphatic carbocycles. The zero-order chi connectivity index (χ0) is 24.2. The fourth-order valence-electron chi connectivity index (χ4n) is 2.46. The Hall–Kier alpha value is -3.74. The Kier molecular flexibility index (Phi) is 13.5. The predicted octanol–water partition coefficient (Wildman–Crippen LogP) is 3.21. The number of nitrogens with zero attached hydrogens (tertiary/aromatic N) is 6. The number of hydrogen-bond acceptors (Lipinski definition) is 6. The van der Waals surface area contributed by atoms with Gasteiger partial charge in [-0.05, 0) is 36.4 Å². The van der Waals surface area contributed by atoms with E-state index < -0.39 is 11.9 Å². The largest absolute Gasteiger partial charge is 0.477 e. The van der Waals surface area contributed by atoms with Crippen LogP contribution in [0.1, 0.15) is 21.0 Å². The summed E-state index contributed by atoms with van der Waals surface area (Å²) < 4.78 is 3.50. The van der Waals surface area contributed by atoms with E-state index in [-0.39, 0.29) is 53.5 Å². The molecule has 0 fully saturated rings. The van der Waals surface area contributed by atoms with Crippen molar-refractivity contribution < 1.29 is 61.9 Å². The number of rotatable bonds is 4. The molecule has 0 saturated heterocycles. The van der Waals surface area contributed by atoms with Crippen LogP contribution in [-0.4, -0.2) is 51.7 Å². The quantitative estimate of drug-likeness (QED) is 0.264. The van der Waals surface area contributed by atoms with E-state index >= 15 is 0 Å². The molecule has 0 aliphatic heterocycles. The smallest absolute Gasteiger partial charge is 0.354 e. The Labute approximate surface area is 235 Å². The second-order valence-electron chi connectivity index (χ2n) is 6.29. The van der Waals surface area contributed by atoms with Crippen molar-refractivity contribution in [3.05, 3.63) is 121 Å². The van der Waals surface area contributed by atoms with Crippen LogP contribution in [0.3, 0.4) is 0 Å². The summed E-state index contributed by atoms with van der Waals surface area (Å²) in [5, 5.41) is 24.9. The van der Waals surface area contributed by atoms with Crippen LogP contribution in [0, 0.1) is 12.1 Å².